The van der Waals surface area contributed by atoms with Crippen LogP contribution in [0, 0.1) is 0 Å². The SMILES string of the molecule is CCCCCCCCOC(=O)c1ccc(C(=O)OC(C)C)cc1. The lowest BCUT2D eigenvalue weighted by Crippen LogP contribution is -2.12. The van der Waals surface area contributed by atoms with E-state index in [9.17, 15) is 9.59 Å². The molecule has 0 unspecified atom stereocenters. The molecule has 0 saturated carbocycles. The third-order valence-electron chi connectivity index (χ3n) is 3.43. The fourth-order valence-corrected chi connectivity index (χ4v) is 2.16. The maximum Gasteiger partial charge on any atom is 0.338 e. The molecule has 1 rings (SSSR count). The first-order valence-corrected chi connectivity index (χ1v) is 8.52. The lowest BCUT2D eigenvalue weighted by atomic mass is 10.1. The van der Waals surface area contributed by atoms with E-state index in [1.54, 1.807) is 38.1 Å². The Kier molecular flexibility index (Phi) is 9.03. The van der Waals surface area contributed by atoms with Crippen molar-refractivity contribution in [3.63, 3.8) is 0 Å². The largest absolute Gasteiger partial charge is 0.462 e. The molecule has 0 atom stereocenters. The van der Waals surface area contributed by atoms with Gasteiger partial charge in [0.15, 0.2) is 0 Å². The number of carbonyl (C=O) groups is 2. The molecule has 0 aliphatic carbocycles. The zero-order valence-electron chi connectivity index (χ0n) is 14.5. The van der Waals surface area contributed by atoms with Gasteiger partial charge in [-0.3, -0.25) is 0 Å². The van der Waals surface area contributed by atoms with Crippen molar-refractivity contribution in [2.45, 2.75) is 65.4 Å². The lowest BCUT2D eigenvalue weighted by Gasteiger charge is -2.08. The van der Waals surface area contributed by atoms with Crippen LogP contribution in [-0.2, 0) is 9.47 Å². The van der Waals surface area contributed by atoms with Crippen LogP contribution in [0.15, 0.2) is 24.3 Å². The summed E-state index contributed by atoms with van der Waals surface area (Å²) in [4.78, 5) is 23.6. The van der Waals surface area contributed by atoms with Gasteiger partial charge in [-0.1, -0.05) is 39.0 Å². The lowest BCUT2D eigenvalue weighted by molar-refractivity contribution is 0.0376. The molecule has 0 radical (unpaired) electrons. The van der Waals surface area contributed by atoms with Gasteiger partial charge < -0.3 is 9.47 Å². The Bertz CT molecular complexity index is 477. The summed E-state index contributed by atoms with van der Waals surface area (Å²) in [5, 5.41) is 0. The van der Waals surface area contributed by atoms with Crippen LogP contribution in [0.1, 0.15) is 80.0 Å². The van der Waals surface area contributed by atoms with Crippen molar-refractivity contribution in [3.05, 3.63) is 35.4 Å². The first kappa shape index (κ1) is 19.2. The van der Waals surface area contributed by atoms with Crippen molar-refractivity contribution < 1.29 is 19.1 Å². The fraction of sp³-hybridized carbons (Fsp3) is 0.579. The topological polar surface area (TPSA) is 52.6 Å². The van der Waals surface area contributed by atoms with E-state index in [1.165, 1.54) is 25.7 Å². The van der Waals surface area contributed by atoms with E-state index in [2.05, 4.69) is 6.92 Å². The summed E-state index contributed by atoms with van der Waals surface area (Å²) < 4.78 is 10.3. The molecule has 0 aliphatic heterocycles. The Morgan fingerprint density at radius 2 is 1.39 bits per heavy atom. The Hall–Kier alpha value is -1.84. The third-order valence-corrected chi connectivity index (χ3v) is 3.43. The summed E-state index contributed by atoms with van der Waals surface area (Å²) >= 11 is 0. The van der Waals surface area contributed by atoms with Crippen molar-refractivity contribution in [2.24, 2.45) is 0 Å². The van der Waals surface area contributed by atoms with Crippen LogP contribution in [0.2, 0.25) is 0 Å². The second-order valence-corrected chi connectivity index (χ2v) is 5.94. The fourth-order valence-electron chi connectivity index (χ4n) is 2.16. The normalized spacial score (nSPS) is 10.6. The number of hydrogen-bond acceptors (Lipinski definition) is 4. The molecule has 0 spiro atoms. The first-order valence-electron chi connectivity index (χ1n) is 8.52. The number of benzene rings is 1. The van der Waals surface area contributed by atoms with E-state index < -0.39 is 0 Å². The van der Waals surface area contributed by atoms with Gasteiger partial charge in [0.2, 0.25) is 0 Å². The van der Waals surface area contributed by atoms with Crippen LogP contribution < -0.4 is 0 Å². The van der Waals surface area contributed by atoms with Gasteiger partial charge in [-0.25, -0.2) is 9.59 Å². The predicted octanol–water partition coefficient (Wildman–Crippen LogP) is 4.77. The van der Waals surface area contributed by atoms with Gasteiger partial charge in [0.05, 0.1) is 23.8 Å². The van der Waals surface area contributed by atoms with Gasteiger partial charge in [-0.15, -0.1) is 0 Å². The van der Waals surface area contributed by atoms with Crippen LogP contribution in [-0.4, -0.2) is 24.6 Å². The molecule has 1 aromatic rings. The quantitative estimate of drug-likeness (QED) is 0.460. The van der Waals surface area contributed by atoms with Gasteiger partial charge in [0.1, 0.15) is 0 Å². The summed E-state index contributed by atoms with van der Waals surface area (Å²) in [6.45, 7) is 6.23. The Balaban J connectivity index is 2.32. The molecular weight excluding hydrogens is 292 g/mol. The van der Waals surface area contributed by atoms with Crippen LogP contribution in [0.25, 0.3) is 0 Å². The van der Waals surface area contributed by atoms with E-state index >= 15 is 0 Å². The molecule has 128 valence electrons. The van der Waals surface area contributed by atoms with E-state index in [0.29, 0.717) is 17.7 Å². The molecule has 0 aliphatic rings. The van der Waals surface area contributed by atoms with E-state index in [-0.39, 0.29) is 18.0 Å². The van der Waals surface area contributed by atoms with Crippen molar-refractivity contribution in [1.29, 1.82) is 0 Å². The summed E-state index contributed by atoms with van der Waals surface area (Å²) in [7, 11) is 0. The summed E-state index contributed by atoms with van der Waals surface area (Å²) in [6.07, 6.45) is 6.77. The van der Waals surface area contributed by atoms with Gasteiger partial charge in [0.25, 0.3) is 0 Å². The third kappa shape index (κ3) is 7.82. The highest BCUT2D eigenvalue weighted by Crippen LogP contribution is 2.10. The van der Waals surface area contributed by atoms with Crippen molar-refractivity contribution in [3.8, 4) is 0 Å². The molecule has 1 aromatic carbocycles. The maximum absolute atomic E-state index is 11.9. The van der Waals surface area contributed by atoms with Gasteiger partial charge in [-0.2, -0.15) is 0 Å². The number of ether oxygens (including phenoxy) is 2. The first-order chi connectivity index (χ1) is 11.0. The second kappa shape index (κ2) is 10.8. The standard InChI is InChI=1S/C19H28O4/c1-4-5-6-7-8-9-14-22-18(20)16-10-12-17(13-11-16)19(21)23-15(2)3/h10-13,15H,4-9,14H2,1-3H3. The molecule has 4 heteroatoms. The molecule has 0 heterocycles. The Morgan fingerprint density at radius 3 is 1.96 bits per heavy atom. The molecule has 0 bridgehead atoms. The van der Waals surface area contributed by atoms with Crippen molar-refractivity contribution in [1.82, 2.24) is 0 Å². The van der Waals surface area contributed by atoms with E-state index in [4.69, 9.17) is 9.47 Å². The van der Waals surface area contributed by atoms with Gasteiger partial charge >= 0.3 is 11.9 Å². The molecule has 0 N–H and O–H groups in total. The van der Waals surface area contributed by atoms with E-state index in [0.717, 1.165) is 12.8 Å². The minimum Gasteiger partial charge on any atom is -0.462 e. The van der Waals surface area contributed by atoms with Crippen LogP contribution in [0.5, 0.6) is 0 Å². The number of esters is 2. The summed E-state index contributed by atoms with van der Waals surface area (Å²) in [5.74, 6) is -0.727. The smallest absolute Gasteiger partial charge is 0.338 e. The minimum atomic E-state index is -0.382. The zero-order valence-corrected chi connectivity index (χ0v) is 14.5. The summed E-state index contributed by atoms with van der Waals surface area (Å²) in [6, 6.07) is 6.37. The van der Waals surface area contributed by atoms with Crippen LogP contribution in [0.4, 0.5) is 0 Å². The molecule has 0 aromatic heterocycles. The van der Waals surface area contributed by atoms with Crippen molar-refractivity contribution >= 4 is 11.9 Å². The zero-order chi connectivity index (χ0) is 17.1. The van der Waals surface area contributed by atoms with Crippen molar-refractivity contribution in [2.75, 3.05) is 6.61 Å². The maximum atomic E-state index is 11.9. The van der Waals surface area contributed by atoms with Gasteiger partial charge in [-0.05, 0) is 44.5 Å². The molecule has 0 fully saturated rings. The minimum absolute atomic E-state index is 0.163. The summed E-state index contributed by atoms with van der Waals surface area (Å²) in [5.41, 5.74) is 0.892. The van der Waals surface area contributed by atoms with Gasteiger partial charge in [0, 0.05) is 0 Å². The molecule has 0 amide bonds. The molecule has 0 saturated heterocycles. The molecule has 4 nitrogen and oxygen atoms in total. The monoisotopic (exact) mass is 320 g/mol. The molecular formula is C19H28O4. The van der Waals surface area contributed by atoms with Crippen LogP contribution >= 0.6 is 0 Å². The highest BCUT2D eigenvalue weighted by Gasteiger charge is 2.11. The van der Waals surface area contributed by atoms with Crippen LogP contribution in [0.3, 0.4) is 0 Å². The average molecular weight is 320 g/mol. The second-order valence-electron chi connectivity index (χ2n) is 5.94. The van der Waals surface area contributed by atoms with E-state index in [1.807, 2.05) is 0 Å². The Morgan fingerprint density at radius 1 is 0.870 bits per heavy atom. The number of rotatable bonds is 10. The highest BCUT2D eigenvalue weighted by atomic mass is 16.5. The highest BCUT2D eigenvalue weighted by molar-refractivity contribution is 5.93. The molecule has 23 heavy (non-hydrogen) atoms. The number of carbonyl (C=O) groups excluding carboxylic acids is 2. The number of unbranched alkanes of at least 4 members (excludes halogenated alkanes) is 5. The predicted molar refractivity (Wildman–Crippen MR) is 90.7 cm³/mol. The Labute approximate surface area is 139 Å². The average Bonchev–Trinajstić information content (AvgIpc) is 2.53. The number of hydrogen-bond donors (Lipinski definition) is 0.